The molecule has 2 rings (SSSR count). The first kappa shape index (κ1) is 26.0. The standard InChI is InChI=1S/C22H38N4O2.HI/c1-4-5-6-8-19(2)25-22(23-3)24-18-20-9-7-10-21(17-20)28-16-13-26-11-14-27-15-12-26;/h7,9-10,17,19H,4-6,8,11-16,18H2,1-3H3,(H2,23,24,25);1H. The molecule has 1 aromatic carbocycles. The number of nitrogens with one attached hydrogen (secondary N) is 2. The van der Waals surface area contributed by atoms with Gasteiger partial charge in [-0.25, -0.2) is 0 Å². The van der Waals surface area contributed by atoms with Gasteiger partial charge in [0.2, 0.25) is 0 Å². The topological polar surface area (TPSA) is 58.1 Å². The molecule has 0 amide bonds. The molecule has 1 aromatic rings. The minimum absolute atomic E-state index is 0. The minimum Gasteiger partial charge on any atom is -0.492 e. The predicted octanol–water partition coefficient (Wildman–Crippen LogP) is 3.65. The molecular formula is C22H39IN4O2. The third-order valence-corrected chi connectivity index (χ3v) is 4.99. The highest BCUT2D eigenvalue weighted by molar-refractivity contribution is 14.0. The number of aliphatic imine (C=N–C) groups is 1. The Labute approximate surface area is 193 Å². The Bertz CT molecular complexity index is 580. The normalized spacial score (nSPS) is 16.0. The van der Waals surface area contributed by atoms with Crippen molar-refractivity contribution in [3.63, 3.8) is 0 Å². The van der Waals surface area contributed by atoms with Crippen molar-refractivity contribution in [1.82, 2.24) is 15.5 Å². The summed E-state index contributed by atoms with van der Waals surface area (Å²) < 4.78 is 11.3. The van der Waals surface area contributed by atoms with Crippen LogP contribution in [0.3, 0.4) is 0 Å². The van der Waals surface area contributed by atoms with Gasteiger partial charge in [0.05, 0.1) is 13.2 Å². The first-order chi connectivity index (χ1) is 13.7. The van der Waals surface area contributed by atoms with E-state index in [4.69, 9.17) is 9.47 Å². The fourth-order valence-electron chi connectivity index (χ4n) is 3.25. The van der Waals surface area contributed by atoms with Gasteiger partial charge in [0.25, 0.3) is 0 Å². The molecule has 2 N–H and O–H groups in total. The summed E-state index contributed by atoms with van der Waals surface area (Å²) in [5, 5.41) is 6.88. The van der Waals surface area contributed by atoms with Crippen molar-refractivity contribution in [3.05, 3.63) is 29.8 Å². The van der Waals surface area contributed by atoms with E-state index in [0.717, 1.165) is 51.1 Å². The van der Waals surface area contributed by atoms with Crippen LogP contribution in [0.25, 0.3) is 0 Å². The summed E-state index contributed by atoms with van der Waals surface area (Å²) in [7, 11) is 1.82. The van der Waals surface area contributed by atoms with Gasteiger partial charge in [-0.3, -0.25) is 9.89 Å². The van der Waals surface area contributed by atoms with E-state index in [1.54, 1.807) is 0 Å². The molecule has 1 aliphatic rings. The lowest BCUT2D eigenvalue weighted by molar-refractivity contribution is 0.0322. The average Bonchev–Trinajstić information content (AvgIpc) is 2.72. The van der Waals surface area contributed by atoms with E-state index in [-0.39, 0.29) is 24.0 Å². The molecule has 7 heteroatoms. The van der Waals surface area contributed by atoms with E-state index in [9.17, 15) is 0 Å². The third-order valence-electron chi connectivity index (χ3n) is 4.99. The zero-order chi connectivity index (χ0) is 20.0. The fraction of sp³-hybridized carbons (Fsp3) is 0.682. The molecule has 6 nitrogen and oxygen atoms in total. The summed E-state index contributed by atoms with van der Waals surface area (Å²) in [4.78, 5) is 6.72. The number of ether oxygens (including phenoxy) is 2. The summed E-state index contributed by atoms with van der Waals surface area (Å²) in [5.74, 6) is 1.77. The molecule has 0 spiro atoms. The number of nitrogens with zero attached hydrogens (tertiary/aromatic N) is 2. The molecule has 166 valence electrons. The molecule has 0 aromatic heterocycles. The quantitative estimate of drug-likeness (QED) is 0.203. The molecular weight excluding hydrogens is 479 g/mol. The number of hydrogen-bond acceptors (Lipinski definition) is 4. The first-order valence-corrected chi connectivity index (χ1v) is 10.7. The highest BCUT2D eigenvalue weighted by atomic mass is 127. The van der Waals surface area contributed by atoms with Gasteiger partial charge in [-0.15, -0.1) is 24.0 Å². The summed E-state index contributed by atoms with van der Waals surface area (Å²) in [6, 6.07) is 8.70. The lowest BCUT2D eigenvalue weighted by Gasteiger charge is -2.26. The highest BCUT2D eigenvalue weighted by Crippen LogP contribution is 2.13. The van der Waals surface area contributed by atoms with Crippen LogP contribution in [-0.2, 0) is 11.3 Å². The van der Waals surface area contributed by atoms with Gasteiger partial charge in [-0.05, 0) is 31.0 Å². The van der Waals surface area contributed by atoms with Gasteiger partial charge in [-0.1, -0.05) is 38.3 Å². The number of halogens is 1. The molecule has 1 heterocycles. The van der Waals surface area contributed by atoms with Crippen LogP contribution in [0.2, 0.25) is 0 Å². The lowest BCUT2D eigenvalue weighted by Crippen LogP contribution is -2.41. The molecule has 1 unspecified atom stereocenters. The van der Waals surface area contributed by atoms with Crippen molar-refractivity contribution in [2.45, 2.75) is 52.1 Å². The average molecular weight is 518 g/mol. The second-order valence-corrected chi connectivity index (χ2v) is 7.42. The fourth-order valence-corrected chi connectivity index (χ4v) is 3.25. The Hall–Kier alpha value is -1.06. The summed E-state index contributed by atoms with van der Waals surface area (Å²) >= 11 is 0. The van der Waals surface area contributed by atoms with Crippen molar-refractivity contribution in [3.8, 4) is 5.75 Å². The molecule has 1 aliphatic heterocycles. The van der Waals surface area contributed by atoms with Crippen LogP contribution in [-0.4, -0.2) is 63.4 Å². The van der Waals surface area contributed by atoms with Gasteiger partial charge in [0.15, 0.2) is 5.96 Å². The van der Waals surface area contributed by atoms with Gasteiger partial charge >= 0.3 is 0 Å². The van der Waals surface area contributed by atoms with Crippen LogP contribution >= 0.6 is 24.0 Å². The molecule has 0 aliphatic carbocycles. The Morgan fingerprint density at radius 3 is 2.79 bits per heavy atom. The van der Waals surface area contributed by atoms with E-state index in [1.165, 1.54) is 31.2 Å². The molecule has 0 bridgehead atoms. The maximum atomic E-state index is 5.95. The summed E-state index contributed by atoms with van der Waals surface area (Å²) in [5.41, 5.74) is 1.19. The van der Waals surface area contributed by atoms with Crippen LogP contribution in [0.4, 0.5) is 0 Å². The van der Waals surface area contributed by atoms with Crippen LogP contribution in [0.5, 0.6) is 5.75 Å². The van der Waals surface area contributed by atoms with Crippen LogP contribution in [0, 0.1) is 0 Å². The smallest absolute Gasteiger partial charge is 0.191 e. The minimum atomic E-state index is 0. The monoisotopic (exact) mass is 518 g/mol. The summed E-state index contributed by atoms with van der Waals surface area (Å²) in [6.07, 6.45) is 4.97. The maximum Gasteiger partial charge on any atom is 0.191 e. The number of unbranched alkanes of at least 4 members (excludes halogenated alkanes) is 2. The number of benzene rings is 1. The number of rotatable bonds is 11. The van der Waals surface area contributed by atoms with Gasteiger partial charge in [0.1, 0.15) is 12.4 Å². The summed E-state index contributed by atoms with van der Waals surface area (Å²) in [6.45, 7) is 10.5. The maximum absolute atomic E-state index is 5.95. The SMILES string of the molecule is CCCCCC(C)NC(=NC)NCc1cccc(OCCN2CCOCC2)c1.I. The van der Waals surface area contributed by atoms with Gasteiger partial charge < -0.3 is 20.1 Å². The lowest BCUT2D eigenvalue weighted by atomic mass is 10.1. The molecule has 1 saturated heterocycles. The Kier molecular flexibility index (Phi) is 14.1. The zero-order valence-electron chi connectivity index (χ0n) is 18.3. The van der Waals surface area contributed by atoms with Gasteiger partial charge in [-0.2, -0.15) is 0 Å². The highest BCUT2D eigenvalue weighted by Gasteiger charge is 2.10. The second-order valence-electron chi connectivity index (χ2n) is 7.42. The van der Waals surface area contributed by atoms with Crippen molar-refractivity contribution >= 4 is 29.9 Å². The number of morpholine rings is 1. The Morgan fingerprint density at radius 1 is 1.28 bits per heavy atom. The second kappa shape index (κ2) is 15.7. The zero-order valence-corrected chi connectivity index (χ0v) is 20.6. The van der Waals surface area contributed by atoms with Crippen LogP contribution < -0.4 is 15.4 Å². The van der Waals surface area contributed by atoms with E-state index in [2.05, 4.69) is 46.5 Å². The van der Waals surface area contributed by atoms with E-state index < -0.39 is 0 Å². The molecule has 29 heavy (non-hydrogen) atoms. The first-order valence-electron chi connectivity index (χ1n) is 10.7. The molecule has 0 radical (unpaired) electrons. The molecule has 1 fully saturated rings. The van der Waals surface area contributed by atoms with Gasteiger partial charge in [0, 0.05) is 39.3 Å². The van der Waals surface area contributed by atoms with Crippen LogP contribution in [0.1, 0.15) is 45.1 Å². The predicted molar refractivity (Wildman–Crippen MR) is 132 cm³/mol. The van der Waals surface area contributed by atoms with Crippen molar-refractivity contribution in [2.24, 2.45) is 4.99 Å². The van der Waals surface area contributed by atoms with Crippen molar-refractivity contribution in [1.29, 1.82) is 0 Å². The molecule has 1 atom stereocenters. The van der Waals surface area contributed by atoms with E-state index >= 15 is 0 Å². The molecule has 0 saturated carbocycles. The number of guanidine groups is 1. The largest absolute Gasteiger partial charge is 0.492 e. The Morgan fingerprint density at radius 2 is 2.07 bits per heavy atom. The van der Waals surface area contributed by atoms with Crippen LogP contribution in [0.15, 0.2) is 29.3 Å². The van der Waals surface area contributed by atoms with E-state index in [1.807, 2.05) is 19.2 Å². The number of hydrogen-bond donors (Lipinski definition) is 2. The third kappa shape index (κ3) is 11.1. The van der Waals surface area contributed by atoms with E-state index in [0.29, 0.717) is 12.6 Å². The van der Waals surface area contributed by atoms with Crippen molar-refractivity contribution < 1.29 is 9.47 Å². The van der Waals surface area contributed by atoms with Crippen molar-refractivity contribution in [2.75, 3.05) is 46.5 Å². The Balaban J connectivity index is 0.00000420.